The van der Waals surface area contributed by atoms with Gasteiger partial charge >= 0.3 is 0 Å². The van der Waals surface area contributed by atoms with Gasteiger partial charge in [0.15, 0.2) is 0 Å². The molecule has 0 fully saturated rings. The maximum absolute atomic E-state index is 12.6. The summed E-state index contributed by atoms with van der Waals surface area (Å²) in [6, 6.07) is 1.72. The van der Waals surface area contributed by atoms with E-state index in [4.69, 9.17) is 0 Å². The third-order valence-electron chi connectivity index (χ3n) is 3.05. The molecule has 0 aromatic carbocycles. The standard InChI is InChI=1S/C13H20N4O2S2/c1-5-11-12(8-17(4)15-11)16-21(18,19)13-6-10(7-14-3)20-9(13)2/h6,8,14,16H,5,7H2,1-4H3. The second-order valence-electron chi connectivity index (χ2n) is 4.79. The maximum Gasteiger partial charge on any atom is 0.263 e. The van der Waals surface area contributed by atoms with Gasteiger partial charge in [0.2, 0.25) is 0 Å². The summed E-state index contributed by atoms with van der Waals surface area (Å²) in [7, 11) is 0.0321. The van der Waals surface area contributed by atoms with Gasteiger partial charge in [-0.2, -0.15) is 5.10 Å². The smallest absolute Gasteiger partial charge is 0.263 e. The third-order valence-corrected chi connectivity index (χ3v) is 5.72. The molecule has 0 unspecified atom stereocenters. The predicted octanol–water partition coefficient (Wildman–Crippen LogP) is 1.87. The normalized spacial score (nSPS) is 11.8. The van der Waals surface area contributed by atoms with Gasteiger partial charge in [0.1, 0.15) is 4.90 Å². The van der Waals surface area contributed by atoms with Crippen molar-refractivity contribution in [3.63, 3.8) is 0 Å². The molecule has 0 aliphatic heterocycles. The van der Waals surface area contributed by atoms with Crippen LogP contribution in [0.2, 0.25) is 0 Å². The van der Waals surface area contributed by atoms with Gasteiger partial charge in [-0.05, 0) is 26.5 Å². The molecule has 0 saturated heterocycles. The lowest BCUT2D eigenvalue weighted by Gasteiger charge is -2.06. The van der Waals surface area contributed by atoms with E-state index in [1.54, 1.807) is 24.0 Å². The zero-order chi connectivity index (χ0) is 15.6. The third kappa shape index (κ3) is 3.45. The van der Waals surface area contributed by atoms with Gasteiger partial charge in [-0.1, -0.05) is 6.92 Å². The van der Waals surface area contributed by atoms with Crippen molar-refractivity contribution >= 4 is 27.0 Å². The molecule has 0 bridgehead atoms. The minimum atomic E-state index is -3.58. The summed E-state index contributed by atoms with van der Waals surface area (Å²) >= 11 is 1.49. The number of rotatable bonds is 6. The molecule has 0 aliphatic carbocycles. The van der Waals surface area contributed by atoms with Gasteiger partial charge in [-0.25, -0.2) is 8.42 Å². The van der Waals surface area contributed by atoms with Crippen LogP contribution in [0.15, 0.2) is 17.2 Å². The van der Waals surface area contributed by atoms with Gasteiger partial charge in [-0.15, -0.1) is 11.3 Å². The Hall–Kier alpha value is -1.38. The van der Waals surface area contributed by atoms with Gasteiger partial charge in [0.05, 0.1) is 11.4 Å². The molecule has 2 aromatic heterocycles. The van der Waals surface area contributed by atoms with Crippen LogP contribution in [-0.4, -0.2) is 25.2 Å². The van der Waals surface area contributed by atoms with Gasteiger partial charge in [-0.3, -0.25) is 9.40 Å². The van der Waals surface area contributed by atoms with Crippen LogP contribution in [0.5, 0.6) is 0 Å². The van der Waals surface area contributed by atoms with E-state index in [0.29, 0.717) is 23.5 Å². The zero-order valence-corrected chi connectivity index (χ0v) is 14.2. The molecule has 0 radical (unpaired) electrons. The molecule has 0 atom stereocenters. The average molecular weight is 328 g/mol. The Morgan fingerprint density at radius 1 is 1.43 bits per heavy atom. The van der Waals surface area contributed by atoms with Crippen molar-refractivity contribution in [3.8, 4) is 0 Å². The summed E-state index contributed by atoms with van der Waals surface area (Å²) in [5, 5.41) is 7.28. The zero-order valence-electron chi connectivity index (χ0n) is 12.6. The minimum Gasteiger partial charge on any atom is -0.315 e. The minimum absolute atomic E-state index is 0.337. The fourth-order valence-corrected chi connectivity index (χ4v) is 4.85. The highest BCUT2D eigenvalue weighted by atomic mass is 32.2. The molecule has 0 spiro atoms. The number of sulfonamides is 1. The van der Waals surface area contributed by atoms with Crippen LogP contribution in [0.3, 0.4) is 0 Å². The number of hydrogen-bond acceptors (Lipinski definition) is 5. The van der Waals surface area contributed by atoms with Crippen molar-refractivity contribution in [2.24, 2.45) is 7.05 Å². The van der Waals surface area contributed by atoms with E-state index >= 15 is 0 Å². The van der Waals surface area contributed by atoms with Crippen LogP contribution in [0.25, 0.3) is 0 Å². The molecule has 6 nitrogen and oxygen atoms in total. The van der Waals surface area contributed by atoms with E-state index in [-0.39, 0.29) is 0 Å². The molecule has 2 aromatic rings. The quantitative estimate of drug-likeness (QED) is 0.849. The molecular formula is C13H20N4O2S2. The van der Waals surface area contributed by atoms with Crippen molar-refractivity contribution in [2.45, 2.75) is 31.7 Å². The van der Waals surface area contributed by atoms with Crippen LogP contribution in [0.1, 0.15) is 22.4 Å². The predicted molar refractivity (Wildman–Crippen MR) is 85.2 cm³/mol. The number of hydrogen-bond donors (Lipinski definition) is 2. The van der Waals surface area contributed by atoms with Crippen LogP contribution in [0.4, 0.5) is 5.69 Å². The van der Waals surface area contributed by atoms with Crippen LogP contribution >= 0.6 is 11.3 Å². The summed E-state index contributed by atoms with van der Waals surface area (Å²) in [6.45, 7) is 4.43. The Bertz CT molecular complexity index is 731. The molecule has 0 aliphatic rings. The fraction of sp³-hybridized carbons (Fsp3) is 0.462. The van der Waals surface area contributed by atoms with Crippen LogP contribution in [-0.2, 0) is 30.0 Å². The number of thiophene rings is 1. The van der Waals surface area contributed by atoms with E-state index < -0.39 is 10.0 Å². The van der Waals surface area contributed by atoms with E-state index in [1.807, 2.05) is 20.9 Å². The van der Waals surface area contributed by atoms with Gasteiger partial charge < -0.3 is 5.32 Å². The first kappa shape index (κ1) is 16.0. The topological polar surface area (TPSA) is 76.0 Å². The molecule has 2 N–H and O–H groups in total. The molecule has 8 heteroatoms. The lowest BCUT2D eigenvalue weighted by atomic mass is 10.3. The highest BCUT2D eigenvalue weighted by Crippen LogP contribution is 2.28. The summed E-state index contributed by atoms with van der Waals surface area (Å²) in [5.41, 5.74) is 1.28. The highest BCUT2D eigenvalue weighted by Gasteiger charge is 2.22. The van der Waals surface area contributed by atoms with Gasteiger partial charge in [0.25, 0.3) is 10.0 Å². The van der Waals surface area contributed by atoms with Crippen LogP contribution < -0.4 is 10.0 Å². The van der Waals surface area contributed by atoms with E-state index in [0.717, 1.165) is 15.4 Å². The molecule has 0 amide bonds. The Labute approximate surface area is 129 Å². The monoisotopic (exact) mass is 328 g/mol. The lowest BCUT2D eigenvalue weighted by Crippen LogP contribution is -2.14. The first-order valence-electron chi connectivity index (χ1n) is 6.66. The van der Waals surface area contributed by atoms with Crippen molar-refractivity contribution in [1.29, 1.82) is 0 Å². The van der Waals surface area contributed by atoms with E-state index in [2.05, 4.69) is 15.1 Å². The number of aromatic nitrogens is 2. The first-order valence-corrected chi connectivity index (χ1v) is 8.96. The number of anilines is 1. The summed E-state index contributed by atoms with van der Waals surface area (Å²) in [6.07, 6.45) is 2.36. The molecule has 116 valence electrons. The molecular weight excluding hydrogens is 308 g/mol. The molecule has 21 heavy (non-hydrogen) atoms. The van der Waals surface area contributed by atoms with E-state index in [9.17, 15) is 8.42 Å². The second kappa shape index (κ2) is 6.17. The van der Waals surface area contributed by atoms with Crippen molar-refractivity contribution in [2.75, 3.05) is 11.8 Å². The average Bonchev–Trinajstić information content (AvgIpc) is 2.93. The Balaban J connectivity index is 2.33. The fourth-order valence-electron chi connectivity index (χ4n) is 2.13. The van der Waals surface area contributed by atoms with Crippen molar-refractivity contribution < 1.29 is 8.42 Å². The van der Waals surface area contributed by atoms with Crippen molar-refractivity contribution in [1.82, 2.24) is 15.1 Å². The summed E-state index contributed by atoms with van der Waals surface area (Å²) in [4.78, 5) is 2.12. The summed E-state index contributed by atoms with van der Waals surface area (Å²) in [5.74, 6) is 0. The van der Waals surface area contributed by atoms with Crippen molar-refractivity contribution in [3.05, 3.63) is 27.7 Å². The number of aryl methyl sites for hydroxylation is 3. The Morgan fingerprint density at radius 2 is 2.14 bits per heavy atom. The Kier molecular flexibility index (Phi) is 4.70. The second-order valence-corrected chi connectivity index (χ2v) is 7.78. The highest BCUT2D eigenvalue weighted by molar-refractivity contribution is 7.93. The molecule has 0 saturated carbocycles. The van der Waals surface area contributed by atoms with Gasteiger partial charge in [0, 0.05) is 29.5 Å². The number of nitrogens with one attached hydrogen (secondary N) is 2. The molecule has 2 rings (SSSR count). The SMILES string of the molecule is CCc1nn(C)cc1NS(=O)(=O)c1cc(CNC)sc1C. The largest absolute Gasteiger partial charge is 0.315 e. The first-order chi connectivity index (χ1) is 9.87. The lowest BCUT2D eigenvalue weighted by molar-refractivity contribution is 0.601. The maximum atomic E-state index is 12.6. The van der Waals surface area contributed by atoms with E-state index in [1.165, 1.54) is 11.3 Å². The molecule has 2 heterocycles. The summed E-state index contributed by atoms with van der Waals surface area (Å²) < 4.78 is 29.4. The Morgan fingerprint density at radius 3 is 2.76 bits per heavy atom. The number of nitrogens with zero attached hydrogens (tertiary/aromatic N) is 2. The van der Waals surface area contributed by atoms with Crippen LogP contribution in [0, 0.1) is 6.92 Å².